The lowest BCUT2D eigenvalue weighted by atomic mass is 9.99. The van der Waals surface area contributed by atoms with Crippen LogP contribution in [0.25, 0.3) is 0 Å². The van der Waals surface area contributed by atoms with Gasteiger partial charge in [-0.3, -0.25) is 9.69 Å². The van der Waals surface area contributed by atoms with Crippen LogP contribution in [0.1, 0.15) is 32.6 Å². The molecule has 0 bridgehead atoms. The Kier molecular flexibility index (Phi) is 6.39. The van der Waals surface area contributed by atoms with Gasteiger partial charge in [-0.15, -0.1) is 12.4 Å². The summed E-state index contributed by atoms with van der Waals surface area (Å²) in [5.41, 5.74) is 5.73. The van der Waals surface area contributed by atoms with Crippen LogP contribution < -0.4 is 5.73 Å². The average Bonchev–Trinajstić information content (AvgIpc) is 2.77. The van der Waals surface area contributed by atoms with Crippen LogP contribution in [0.3, 0.4) is 0 Å². The molecule has 4 nitrogen and oxygen atoms in total. The van der Waals surface area contributed by atoms with Gasteiger partial charge in [0, 0.05) is 25.7 Å². The lowest BCUT2D eigenvalue weighted by Gasteiger charge is -2.32. The molecule has 2 fully saturated rings. The van der Waals surface area contributed by atoms with Gasteiger partial charge in [0.05, 0.1) is 6.54 Å². The van der Waals surface area contributed by atoms with Gasteiger partial charge >= 0.3 is 0 Å². The van der Waals surface area contributed by atoms with Crippen molar-refractivity contribution in [3.05, 3.63) is 0 Å². The highest BCUT2D eigenvalue weighted by Crippen LogP contribution is 2.19. The highest BCUT2D eigenvalue weighted by atomic mass is 35.5. The number of rotatable bonds is 3. The minimum atomic E-state index is 0. The fourth-order valence-electron chi connectivity index (χ4n) is 2.90. The van der Waals surface area contributed by atoms with Gasteiger partial charge in [0.1, 0.15) is 0 Å². The molecule has 1 amide bonds. The van der Waals surface area contributed by atoms with Crippen LogP contribution in [0.5, 0.6) is 0 Å². The van der Waals surface area contributed by atoms with Crippen molar-refractivity contribution in [3.8, 4) is 0 Å². The fourth-order valence-corrected chi connectivity index (χ4v) is 2.90. The number of carbonyl (C=O) groups excluding carboxylic acids is 1. The Hall–Kier alpha value is -0.320. The van der Waals surface area contributed by atoms with Gasteiger partial charge in [0.25, 0.3) is 0 Å². The summed E-state index contributed by atoms with van der Waals surface area (Å²) < 4.78 is 0. The average molecular weight is 276 g/mol. The molecule has 106 valence electrons. The van der Waals surface area contributed by atoms with Crippen molar-refractivity contribution >= 4 is 18.3 Å². The largest absolute Gasteiger partial charge is 0.342 e. The standard InChI is InChI=1S/C13H25N3O.ClH/c1-11-4-7-15(8-5-11)13(17)10-16-6-2-3-12(16)9-14;/h11-12H,2-10,14H2,1H3;1H. The number of nitrogens with two attached hydrogens (primary N) is 1. The lowest BCUT2D eigenvalue weighted by Crippen LogP contribution is -2.46. The summed E-state index contributed by atoms with van der Waals surface area (Å²) in [4.78, 5) is 16.5. The number of amides is 1. The summed E-state index contributed by atoms with van der Waals surface area (Å²) in [5.74, 6) is 1.08. The molecule has 0 spiro atoms. The topological polar surface area (TPSA) is 49.6 Å². The van der Waals surface area contributed by atoms with Crippen molar-refractivity contribution in [3.63, 3.8) is 0 Å². The maximum absolute atomic E-state index is 12.2. The minimum absolute atomic E-state index is 0. The molecule has 0 aromatic heterocycles. The van der Waals surface area contributed by atoms with E-state index in [0.29, 0.717) is 25.0 Å². The molecule has 0 aromatic carbocycles. The van der Waals surface area contributed by atoms with Crippen molar-refractivity contribution < 1.29 is 4.79 Å². The number of hydrogen-bond donors (Lipinski definition) is 1. The Labute approximate surface area is 116 Å². The molecule has 2 rings (SSSR count). The van der Waals surface area contributed by atoms with Gasteiger partial charge in [-0.25, -0.2) is 0 Å². The first-order chi connectivity index (χ1) is 8.20. The summed E-state index contributed by atoms with van der Waals surface area (Å²) in [6.07, 6.45) is 4.66. The molecule has 0 radical (unpaired) electrons. The molecule has 1 unspecified atom stereocenters. The van der Waals surface area contributed by atoms with Crippen molar-refractivity contribution in [2.75, 3.05) is 32.7 Å². The summed E-state index contributed by atoms with van der Waals surface area (Å²) in [6, 6.07) is 0.433. The van der Waals surface area contributed by atoms with Crippen molar-refractivity contribution in [1.82, 2.24) is 9.80 Å². The van der Waals surface area contributed by atoms with Gasteiger partial charge in [-0.1, -0.05) is 6.92 Å². The molecule has 0 aliphatic carbocycles. The van der Waals surface area contributed by atoms with Crippen LogP contribution in [0.15, 0.2) is 0 Å². The maximum Gasteiger partial charge on any atom is 0.236 e. The van der Waals surface area contributed by atoms with E-state index in [2.05, 4.69) is 11.8 Å². The minimum Gasteiger partial charge on any atom is -0.342 e. The summed E-state index contributed by atoms with van der Waals surface area (Å²) in [5, 5.41) is 0. The molecule has 2 heterocycles. The highest BCUT2D eigenvalue weighted by molar-refractivity contribution is 5.85. The number of hydrogen-bond acceptors (Lipinski definition) is 3. The SMILES string of the molecule is CC1CCN(C(=O)CN2CCCC2CN)CC1.Cl. The van der Waals surface area contributed by atoms with E-state index < -0.39 is 0 Å². The van der Waals surface area contributed by atoms with Crippen LogP contribution in [0.4, 0.5) is 0 Å². The van der Waals surface area contributed by atoms with E-state index in [9.17, 15) is 4.79 Å². The second-order valence-electron chi connectivity index (χ2n) is 5.57. The second-order valence-corrected chi connectivity index (χ2v) is 5.57. The Balaban J connectivity index is 0.00000162. The van der Waals surface area contributed by atoms with Gasteiger partial charge in [0.15, 0.2) is 0 Å². The monoisotopic (exact) mass is 275 g/mol. The Morgan fingerprint density at radius 1 is 1.22 bits per heavy atom. The van der Waals surface area contributed by atoms with Crippen LogP contribution >= 0.6 is 12.4 Å². The lowest BCUT2D eigenvalue weighted by molar-refractivity contribution is -0.133. The zero-order valence-electron chi connectivity index (χ0n) is 11.3. The highest BCUT2D eigenvalue weighted by Gasteiger charge is 2.27. The molecule has 1 atom stereocenters. The first kappa shape index (κ1) is 15.7. The summed E-state index contributed by atoms with van der Waals surface area (Å²) in [7, 11) is 0. The number of carbonyl (C=O) groups is 1. The number of nitrogens with zero attached hydrogens (tertiary/aromatic N) is 2. The third kappa shape index (κ3) is 3.84. The van der Waals surface area contributed by atoms with Crippen LogP contribution in [0.2, 0.25) is 0 Å². The quantitative estimate of drug-likeness (QED) is 0.839. The van der Waals surface area contributed by atoms with E-state index in [1.165, 1.54) is 6.42 Å². The fraction of sp³-hybridized carbons (Fsp3) is 0.923. The Morgan fingerprint density at radius 3 is 2.50 bits per heavy atom. The molecule has 2 aliphatic rings. The van der Waals surface area contributed by atoms with E-state index >= 15 is 0 Å². The first-order valence-electron chi connectivity index (χ1n) is 6.92. The Morgan fingerprint density at radius 2 is 1.89 bits per heavy atom. The normalized spacial score (nSPS) is 26.1. The smallest absolute Gasteiger partial charge is 0.236 e. The second kappa shape index (κ2) is 7.31. The van der Waals surface area contributed by atoms with Crippen LogP contribution in [-0.2, 0) is 4.79 Å². The van der Waals surface area contributed by atoms with E-state index in [1.807, 2.05) is 4.90 Å². The summed E-state index contributed by atoms with van der Waals surface area (Å²) >= 11 is 0. The predicted octanol–water partition coefficient (Wildman–Crippen LogP) is 1.09. The van der Waals surface area contributed by atoms with E-state index in [4.69, 9.17) is 5.73 Å². The maximum atomic E-state index is 12.2. The van der Waals surface area contributed by atoms with Crippen molar-refractivity contribution in [1.29, 1.82) is 0 Å². The zero-order chi connectivity index (χ0) is 12.3. The van der Waals surface area contributed by atoms with Crippen molar-refractivity contribution in [2.24, 2.45) is 11.7 Å². The molecule has 2 aliphatic heterocycles. The van der Waals surface area contributed by atoms with Gasteiger partial charge < -0.3 is 10.6 Å². The number of piperidine rings is 1. The zero-order valence-corrected chi connectivity index (χ0v) is 12.1. The van der Waals surface area contributed by atoms with Gasteiger partial charge in [-0.05, 0) is 38.1 Å². The summed E-state index contributed by atoms with van der Waals surface area (Å²) in [6.45, 7) is 6.47. The van der Waals surface area contributed by atoms with E-state index in [1.54, 1.807) is 0 Å². The molecule has 18 heavy (non-hydrogen) atoms. The van der Waals surface area contributed by atoms with E-state index in [0.717, 1.165) is 44.8 Å². The molecular formula is C13H26ClN3O. The molecular weight excluding hydrogens is 250 g/mol. The number of likely N-dealkylation sites (tertiary alicyclic amines) is 2. The Bertz CT molecular complexity index is 267. The van der Waals surface area contributed by atoms with Gasteiger partial charge in [0.2, 0.25) is 5.91 Å². The first-order valence-corrected chi connectivity index (χ1v) is 6.92. The van der Waals surface area contributed by atoms with Crippen LogP contribution in [0, 0.1) is 5.92 Å². The molecule has 0 aromatic rings. The van der Waals surface area contributed by atoms with E-state index in [-0.39, 0.29) is 12.4 Å². The van der Waals surface area contributed by atoms with Crippen LogP contribution in [-0.4, -0.2) is 54.5 Å². The molecule has 2 N–H and O–H groups in total. The number of halogens is 1. The third-order valence-electron chi connectivity index (χ3n) is 4.25. The predicted molar refractivity (Wildman–Crippen MR) is 75.9 cm³/mol. The van der Waals surface area contributed by atoms with Gasteiger partial charge in [-0.2, -0.15) is 0 Å². The third-order valence-corrected chi connectivity index (χ3v) is 4.25. The van der Waals surface area contributed by atoms with Crippen molar-refractivity contribution in [2.45, 2.75) is 38.6 Å². The molecule has 2 saturated heterocycles. The molecule has 5 heteroatoms. The molecule has 0 saturated carbocycles.